The van der Waals surface area contributed by atoms with Crippen LogP contribution >= 0.6 is 0 Å². The third-order valence-corrected chi connectivity index (χ3v) is 4.67. The van der Waals surface area contributed by atoms with E-state index in [1.54, 1.807) is 7.11 Å². The number of rotatable bonds is 4. The van der Waals surface area contributed by atoms with E-state index in [1.165, 1.54) is 5.56 Å². The fourth-order valence-electron chi connectivity index (χ4n) is 3.30. The lowest BCUT2D eigenvalue weighted by molar-refractivity contribution is -0.120. The number of carbonyl (C=O) groups is 1. The summed E-state index contributed by atoms with van der Waals surface area (Å²) in [6.07, 6.45) is -0.280. The van der Waals surface area contributed by atoms with Crippen LogP contribution < -0.4 is 5.32 Å². The lowest BCUT2D eigenvalue weighted by Crippen LogP contribution is -2.21. The van der Waals surface area contributed by atoms with Crippen LogP contribution in [0.1, 0.15) is 54.0 Å². The molecule has 23 heavy (non-hydrogen) atoms. The first kappa shape index (κ1) is 15.8. The maximum absolute atomic E-state index is 12.5. The zero-order chi connectivity index (χ0) is 16.6. The van der Waals surface area contributed by atoms with E-state index < -0.39 is 0 Å². The summed E-state index contributed by atoms with van der Waals surface area (Å²) >= 11 is 0. The second-order valence-electron chi connectivity index (χ2n) is 6.48. The van der Waals surface area contributed by atoms with Crippen LogP contribution in [0.25, 0.3) is 0 Å². The molecular weight excluding hydrogens is 286 g/mol. The minimum absolute atomic E-state index is 0.00685. The first-order valence-corrected chi connectivity index (χ1v) is 8.06. The molecule has 0 radical (unpaired) electrons. The molecule has 1 aliphatic rings. The molecule has 0 saturated carbocycles. The Labute approximate surface area is 137 Å². The summed E-state index contributed by atoms with van der Waals surface area (Å²) in [7, 11) is 1.68. The average Bonchev–Trinajstić information content (AvgIpc) is 2.86. The summed E-state index contributed by atoms with van der Waals surface area (Å²) < 4.78 is 5.80. The van der Waals surface area contributed by atoms with Gasteiger partial charge in [-0.3, -0.25) is 4.79 Å². The van der Waals surface area contributed by atoms with Crippen molar-refractivity contribution in [1.29, 1.82) is 0 Å². The zero-order valence-corrected chi connectivity index (χ0v) is 14.1. The standard InChI is InChI=1S/C20H23NO2/c1-12(2)14-10-9-13(3)16(11-14)19(23-4)18-15-7-5-6-8-17(15)21-20(18)22/h5-12,18-19H,1-4H3,(H,21,22). The van der Waals surface area contributed by atoms with Gasteiger partial charge in [0.05, 0.1) is 12.0 Å². The molecule has 0 bridgehead atoms. The topological polar surface area (TPSA) is 38.3 Å². The summed E-state index contributed by atoms with van der Waals surface area (Å²) in [4.78, 5) is 12.5. The van der Waals surface area contributed by atoms with E-state index in [-0.39, 0.29) is 17.9 Å². The van der Waals surface area contributed by atoms with Crippen molar-refractivity contribution in [3.8, 4) is 0 Å². The van der Waals surface area contributed by atoms with E-state index in [0.717, 1.165) is 22.4 Å². The molecule has 1 heterocycles. The highest BCUT2D eigenvalue weighted by atomic mass is 16.5. The largest absolute Gasteiger partial charge is 0.376 e. The molecule has 2 aromatic rings. The van der Waals surface area contributed by atoms with E-state index in [2.05, 4.69) is 44.3 Å². The normalized spacial score (nSPS) is 18.0. The number of fused-ring (bicyclic) bond motifs is 1. The molecule has 1 aliphatic heterocycles. The van der Waals surface area contributed by atoms with Gasteiger partial charge in [-0.25, -0.2) is 0 Å². The first-order valence-electron chi connectivity index (χ1n) is 8.06. The molecule has 0 spiro atoms. The summed E-state index contributed by atoms with van der Waals surface area (Å²) in [5.41, 5.74) is 5.41. The molecule has 2 aromatic carbocycles. The van der Waals surface area contributed by atoms with Crippen molar-refractivity contribution in [2.45, 2.75) is 38.7 Å². The van der Waals surface area contributed by atoms with Crippen LogP contribution in [0.3, 0.4) is 0 Å². The van der Waals surface area contributed by atoms with Crippen molar-refractivity contribution in [3.63, 3.8) is 0 Å². The van der Waals surface area contributed by atoms with Crippen LogP contribution in [-0.4, -0.2) is 13.0 Å². The smallest absolute Gasteiger partial charge is 0.235 e. The molecule has 3 rings (SSSR count). The molecule has 0 aromatic heterocycles. The number of aryl methyl sites for hydroxylation is 1. The molecule has 3 nitrogen and oxygen atoms in total. The van der Waals surface area contributed by atoms with E-state index in [9.17, 15) is 4.79 Å². The average molecular weight is 309 g/mol. The lowest BCUT2D eigenvalue weighted by atomic mass is 9.86. The maximum Gasteiger partial charge on any atom is 0.235 e. The Balaban J connectivity index is 2.07. The molecule has 0 fully saturated rings. The summed E-state index contributed by atoms with van der Waals surface area (Å²) in [6, 6.07) is 14.3. The van der Waals surface area contributed by atoms with Crippen molar-refractivity contribution in [1.82, 2.24) is 0 Å². The molecule has 0 aliphatic carbocycles. The van der Waals surface area contributed by atoms with Gasteiger partial charge in [0.2, 0.25) is 5.91 Å². The SMILES string of the molecule is COC(c1cc(C(C)C)ccc1C)C1C(=O)Nc2ccccc21. The number of carbonyl (C=O) groups excluding carboxylic acids is 1. The predicted molar refractivity (Wildman–Crippen MR) is 92.8 cm³/mol. The number of amides is 1. The highest BCUT2D eigenvalue weighted by Crippen LogP contribution is 2.43. The number of ether oxygens (including phenoxy) is 1. The molecule has 120 valence electrons. The van der Waals surface area contributed by atoms with Crippen molar-refractivity contribution >= 4 is 11.6 Å². The zero-order valence-electron chi connectivity index (χ0n) is 14.1. The number of nitrogens with one attached hydrogen (secondary N) is 1. The number of anilines is 1. The van der Waals surface area contributed by atoms with E-state index in [4.69, 9.17) is 4.74 Å². The van der Waals surface area contributed by atoms with Crippen LogP contribution in [0.4, 0.5) is 5.69 Å². The second kappa shape index (κ2) is 6.17. The third-order valence-electron chi connectivity index (χ3n) is 4.67. The van der Waals surface area contributed by atoms with Gasteiger partial charge in [0.1, 0.15) is 0 Å². The van der Waals surface area contributed by atoms with E-state index in [0.29, 0.717) is 5.92 Å². The number of hydrogen-bond donors (Lipinski definition) is 1. The van der Waals surface area contributed by atoms with Crippen molar-refractivity contribution < 1.29 is 9.53 Å². The first-order chi connectivity index (χ1) is 11.0. The van der Waals surface area contributed by atoms with Crippen LogP contribution in [0.15, 0.2) is 42.5 Å². The highest BCUT2D eigenvalue weighted by Gasteiger charge is 2.38. The predicted octanol–water partition coefficient (Wildman–Crippen LogP) is 4.54. The van der Waals surface area contributed by atoms with E-state index in [1.807, 2.05) is 24.3 Å². The summed E-state index contributed by atoms with van der Waals surface area (Å²) in [5, 5.41) is 2.97. The monoisotopic (exact) mass is 309 g/mol. The van der Waals surface area contributed by atoms with Gasteiger partial charge in [-0.05, 0) is 41.2 Å². The van der Waals surface area contributed by atoms with Gasteiger partial charge in [0.15, 0.2) is 0 Å². The van der Waals surface area contributed by atoms with Gasteiger partial charge in [-0.2, -0.15) is 0 Å². The van der Waals surface area contributed by atoms with Crippen molar-refractivity contribution in [2.24, 2.45) is 0 Å². The second-order valence-corrected chi connectivity index (χ2v) is 6.48. The number of para-hydroxylation sites is 1. The Morgan fingerprint density at radius 1 is 1.13 bits per heavy atom. The van der Waals surface area contributed by atoms with Crippen LogP contribution in [0.2, 0.25) is 0 Å². The Kier molecular flexibility index (Phi) is 4.22. The van der Waals surface area contributed by atoms with Crippen LogP contribution in [-0.2, 0) is 9.53 Å². The third kappa shape index (κ3) is 2.77. The molecule has 2 unspecified atom stereocenters. The van der Waals surface area contributed by atoms with Gasteiger partial charge >= 0.3 is 0 Å². The minimum atomic E-state index is -0.308. The van der Waals surface area contributed by atoms with Crippen molar-refractivity contribution in [3.05, 3.63) is 64.7 Å². The Hall–Kier alpha value is -2.13. The van der Waals surface area contributed by atoms with Gasteiger partial charge in [0, 0.05) is 12.8 Å². The molecule has 2 atom stereocenters. The summed E-state index contributed by atoms with van der Waals surface area (Å²) in [6.45, 7) is 6.42. The number of hydrogen-bond acceptors (Lipinski definition) is 2. The number of methoxy groups -OCH3 is 1. The maximum atomic E-state index is 12.5. The fraction of sp³-hybridized carbons (Fsp3) is 0.350. The lowest BCUT2D eigenvalue weighted by Gasteiger charge is -2.24. The molecule has 3 heteroatoms. The highest BCUT2D eigenvalue weighted by molar-refractivity contribution is 6.03. The molecule has 1 N–H and O–H groups in total. The van der Waals surface area contributed by atoms with Gasteiger partial charge in [0.25, 0.3) is 0 Å². The summed E-state index contributed by atoms with van der Waals surface area (Å²) in [5.74, 6) is 0.140. The van der Waals surface area contributed by atoms with Gasteiger partial charge < -0.3 is 10.1 Å². The Morgan fingerprint density at radius 3 is 2.57 bits per heavy atom. The van der Waals surface area contributed by atoms with Crippen LogP contribution in [0.5, 0.6) is 0 Å². The van der Waals surface area contributed by atoms with Gasteiger partial charge in [-0.1, -0.05) is 50.2 Å². The molecule has 0 saturated heterocycles. The number of benzene rings is 2. The van der Waals surface area contributed by atoms with Gasteiger partial charge in [-0.15, -0.1) is 0 Å². The molecular formula is C20H23NO2. The molecule has 1 amide bonds. The quantitative estimate of drug-likeness (QED) is 0.900. The Bertz CT molecular complexity index is 736. The Morgan fingerprint density at radius 2 is 1.87 bits per heavy atom. The fourth-order valence-corrected chi connectivity index (χ4v) is 3.30. The van der Waals surface area contributed by atoms with Crippen molar-refractivity contribution in [2.75, 3.05) is 12.4 Å². The minimum Gasteiger partial charge on any atom is -0.376 e. The van der Waals surface area contributed by atoms with E-state index >= 15 is 0 Å². The van der Waals surface area contributed by atoms with Crippen LogP contribution in [0, 0.1) is 6.92 Å².